The van der Waals surface area contributed by atoms with E-state index in [-0.39, 0.29) is 0 Å². The molecule has 1 fully saturated rings. The molecule has 1 aliphatic rings. The van der Waals surface area contributed by atoms with Crippen LogP contribution >= 0.6 is 0 Å². The molecule has 0 radical (unpaired) electrons. The monoisotopic (exact) mass is 368 g/mol. The molecule has 142 valence electrons. The van der Waals surface area contributed by atoms with Crippen LogP contribution in [0.2, 0.25) is 0 Å². The minimum Gasteiger partial charge on any atom is -0.382 e. The number of anilines is 2. The summed E-state index contributed by atoms with van der Waals surface area (Å²) in [6, 6.07) is 0.341. The van der Waals surface area contributed by atoms with Gasteiger partial charge in [-0.05, 0) is 12.8 Å². The van der Waals surface area contributed by atoms with Crippen LogP contribution in [0.4, 0.5) is 11.8 Å². The summed E-state index contributed by atoms with van der Waals surface area (Å²) in [4.78, 5) is 25.0. The summed E-state index contributed by atoms with van der Waals surface area (Å²) in [7, 11) is 0. The van der Waals surface area contributed by atoms with Crippen molar-refractivity contribution in [3.8, 4) is 11.4 Å². The van der Waals surface area contributed by atoms with Crippen LogP contribution in [0, 0.1) is 0 Å². The Labute approximate surface area is 157 Å². The second-order valence-electron chi connectivity index (χ2n) is 6.59. The van der Waals surface area contributed by atoms with Crippen LogP contribution in [0.3, 0.4) is 0 Å². The number of morpholine rings is 1. The average molecular weight is 368 g/mol. The molecule has 0 unspecified atom stereocenters. The van der Waals surface area contributed by atoms with E-state index < -0.39 is 0 Å². The summed E-state index contributed by atoms with van der Waals surface area (Å²) in [5, 5.41) is 0. The molecule has 2 N–H and O–H groups in total. The Morgan fingerprint density at radius 1 is 1.07 bits per heavy atom. The fourth-order valence-electron chi connectivity index (χ4n) is 3.40. The number of fused-ring (bicyclic) bond motifs is 1. The first-order valence-corrected chi connectivity index (χ1v) is 9.36. The van der Waals surface area contributed by atoms with Gasteiger partial charge in [-0.2, -0.15) is 4.98 Å². The number of ether oxygens (including phenoxy) is 1. The summed E-state index contributed by atoms with van der Waals surface area (Å²) >= 11 is 0. The average Bonchev–Trinajstić information content (AvgIpc) is 3.14. The lowest BCUT2D eigenvalue weighted by Gasteiger charge is -2.27. The molecule has 3 aromatic heterocycles. The van der Waals surface area contributed by atoms with Crippen molar-refractivity contribution in [2.75, 3.05) is 36.9 Å². The first kappa shape index (κ1) is 17.6. The van der Waals surface area contributed by atoms with Gasteiger partial charge in [0.2, 0.25) is 5.95 Å². The smallest absolute Gasteiger partial charge is 0.228 e. The molecular formula is C18H24N8O. The molecule has 1 saturated heterocycles. The predicted molar refractivity (Wildman–Crippen MR) is 103 cm³/mol. The van der Waals surface area contributed by atoms with E-state index in [0.29, 0.717) is 42.4 Å². The van der Waals surface area contributed by atoms with Crippen molar-refractivity contribution in [3.63, 3.8) is 0 Å². The van der Waals surface area contributed by atoms with E-state index in [1.807, 2.05) is 6.33 Å². The third kappa shape index (κ3) is 3.30. The number of nitrogen functional groups attached to an aromatic ring is 1. The van der Waals surface area contributed by atoms with Gasteiger partial charge in [-0.15, -0.1) is 0 Å². The molecule has 1 aliphatic heterocycles. The van der Waals surface area contributed by atoms with E-state index in [1.54, 1.807) is 6.20 Å². The number of nitrogens with zero attached hydrogens (tertiary/aromatic N) is 7. The van der Waals surface area contributed by atoms with Gasteiger partial charge in [-0.3, -0.25) is 0 Å². The Morgan fingerprint density at radius 3 is 2.52 bits per heavy atom. The summed E-state index contributed by atoms with van der Waals surface area (Å²) in [5.41, 5.74) is 8.58. The minimum absolute atomic E-state index is 0.341. The van der Waals surface area contributed by atoms with E-state index in [2.05, 4.69) is 38.3 Å². The van der Waals surface area contributed by atoms with E-state index >= 15 is 0 Å². The van der Waals surface area contributed by atoms with E-state index in [9.17, 15) is 0 Å². The molecule has 0 aromatic carbocycles. The molecule has 0 amide bonds. The van der Waals surface area contributed by atoms with Crippen molar-refractivity contribution in [1.82, 2.24) is 29.5 Å². The van der Waals surface area contributed by atoms with Gasteiger partial charge in [-0.25, -0.2) is 19.9 Å². The summed E-state index contributed by atoms with van der Waals surface area (Å²) in [5.74, 6) is 1.05. The summed E-state index contributed by atoms with van der Waals surface area (Å²) < 4.78 is 7.62. The van der Waals surface area contributed by atoms with E-state index in [0.717, 1.165) is 37.1 Å². The zero-order valence-electron chi connectivity index (χ0n) is 15.7. The number of imidazole rings is 1. The topological polar surface area (TPSA) is 108 Å². The molecule has 0 atom stereocenters. The Morgan fingerprint density at radius 2 is 1.85 bits per heavy atom. The zero-order chi connectivity index (χ0) is 18.8. The van der Waals surface area contributed by atoms with Crippen LogP contribution in [-0.2, 0) is 4.74 Å². The third-order valence-corrected chi connectivity index (χ3v) is 4.95. The number of rotatable bonds is 5. The fraction of sp³-hybridized carbons (Fsp3) is 0.500. The van der Waals surface area contributed by atoms with Crippen LogP contribution in [-0.4, -0.2) is 55.8 Å². The maximum Gasteiger partial charge on any atom is 0.228 e. The first-order valence-electron chi connectivity index (χ1n) is 9.36. The van der Waals surface area contributed by atoms with Gasteiger partial charge in [0.05, 0.1) is 31.9 Å². The quantitative estimate of drug-likeness (QED) is 0.729. The normalized spacial score (nSPS) is 15.0. The largest absolute Gasteiger partial charge is 0.382 e. The zero-order valence-corrected chi connectivity index (χ0v) is 15.7. The van der Waals surface area contributed by atoms with Gasteiger partial charge < -0.3 is 19.9 Å². The minimum atomic E-state index is 0.341. The molecule has 9 nitrogen and oxygen atoms in total. The van der Waals surface area contributed by atoms with Crippen LogP contribution in [0.25, 0.3) is 22.6 Å². The van der Waals surface area contributed by atoms with Crippen LogP contribution < -0.4 is 10.6 Å². The van der Waals surface area contributed by atoms with Gasteiger partial charge in [0.25, 0.3) is 0 Å². The number of aromatic nitrogens is 6. The van der Waals surface area contributed by atoms with Gasteiger partial charge in [-0.1, -0.05) is 13.8 Å². The Bertz CT molecular complexity index is 913. The lowest BCUT2D eigenvalue weighted by Crippen LogP contribution is -2.37. The van der Waals surface area contributed by atoms with Gasteiger partial charge in [0.15, 0.2) is 5.65 Å². The van der Waals surface area contributed by atoms with Crippen molar-refractivity contribution < 1.29 is 4.74 Å². The van der Waals surface area contributed by atoms with Crippen LogP contribution in [0.15, 0.2) is 18.7 Å². The van der Waals surface area contributed by atoms with Crippen molar-refractivity contribution in [2.24, 2.45) is 0 Å². The van der Waals surface area contributed by atoms with Gasteiger partial charge >= 0.3 is 0 Å². The summed E-state index contributed by atoms with van der Waals surface area (Å²) in [6.07, 6.45) is 7.05. The molecule has 3 aromatic rings. The molecular weight excluding hydrogens is 344 g/mol. The maximum absolute atomic E-state index is 5.70. The highest BCUT2D eigenvalue weighted by Gasteiger charge is 2.22. The van der Waals surface area contributed by atoms with E-state index in [1.165, 1.54) is 6.20 Å². The summed E-state index contributed by atoms with van der Waals surface area (Å²) in [6.45, 7) is 7.22. The van der Waals surface area contributed by atoms with Crippen LogP contribution in [0.5, 0.6) is 0 Å². The Balaban J connectivity index is 1.90. The van der Waals surface area contributed by atoms with Crippen LogP contribution in [0.1, 0.15) is 32.7 Å². The molecule has 0 aliphatic carbocycles. The third-order valence-electron chi connectivity index (χ3n) is 4.95. The maximum atomic E-state index is 5.70. The molecule has 9 heteroatoms. The lowest BCUT2D eigenvalue weighted by atomic mass is 10.1. The second kappa shape index (κ2) is 7.43. The fourth-order valence-corrected chi connectivity index (χ4v) is 3.40. The molecule has 0 saturated carbocycles. The Hall–Kier alpha value is -2.81. The lowest BCUT2D eigenvalue weighted by molar-refractivity contribution is 0.122. The molecule has 0 spiro atoms. The van der Waals surface area contributed by atoms with Crippen molar-refractivity contribution in [1.29, 1.82) is 0 Å². The van der Waals surface area contributed by atoms with Crippen molar-refractivity contribution >= 4 is 22.9 Å². The standard InChI is InChI=1S/C18H24N8O/c1-3-12(4-2)26-11-22-16-15(13-9-21-14(19)10-20-13)23-18(24-17(16)26)25-5-7-27-8-6-25/h9-12H,3-8H2,1-2H3,(H2,19,21). The number of hydrogen-bond donors (Lipinski definition) is 1. The first-order chi connectivity index (χ1) is 13.2. The van der Waals surface area contributed by atoms with E-state index in [4.69, 9.17) is 20.4 Å². The van der Waals surface area contributed by atoms with Gasteiger partial charge in [0.1, 0.15) is 22.7 Å². The SMILES string of the molecule is CCC(CC)n1cnc2c(-c3cnc(N)cn3)nc(N3CCOCC3)nc21. The molecule has 27 heavy (non-hydrogen) atoms. The Kier molecular flexibility index (Phi) is 4.85. The highest BCUT2D eigenvalue weighted by molar-refractivity contribution is 5.87. The molecule has 4 heterocycles. The van der Waals surface area contributed by atoms with Crippen molar-refractivity contribution in [2.45, 2.75) is 32.7 Å². The van der Waals surface area contributed by atoms with Gasteiger partial charge in [0, 0.05) is 19.1 Å². The van der Waals surface area contributed by atoms with Crippen molar-refractivity contribution in [3.05, 3.63) is 18.7 Å². The number of hydrogen-bond acceptors (Lipinski definition) is 8. The number of nitrogens with two attached hydrogens (primary N) is 1. The molecule has 4 rings (SSSR count). The highest BCUT2D eigenvalue weighted by atomic mass is 16.5. The predicted octanol–water partition coefficient (Wildman–Crippen LogP) is 2.06. The highest BCUT2D eigenvalue weighted by Crippen LogP contribution is 2.29. The molecule has 0 bridgehead atoms. The second-order valence-corrected chi connectivity index (χ2v) is 6.59.